The maximum atomic E-state index is 11.4. The molecule has 0 radical (unpaired) electrons. The summed E-state index contributed by atoms with van der Waals surface area (Å²) < 4.78 is 5.37. The Morgan fingerprint density at radius 1 is 1.25 bits per heavy atom. The molecule has 2 aromatic rings. The highest BCUT2D eigenvalue weighted by molar-refractivity contribution is 5.95. The van der Waals surface area contributed by atoms with Gasteiger partial charge in [0.15, 0.2) is 0 Å². The van der Waals surface area contributed by atoms with Gasteiger partial charge in [-0.05, 0) is 37.6 Å². The first kappa shape index (κ1) is 16.3. The van der Waals surface area contributed by atoms with Crippen molar-refractivity contribution in [1.82, 2.24) is 4.98 Å². The minimum atomic E-state index is -0.948. The van der Waals surface area contributed by atoms with Gasteiger partial charge in [0.25, 0.3) is 0 Å². The van der Waals surface area contributed by atoms with Crippen molar-refractivity contribution in [3.63, 3.8) is 0 Å². The minimum absolute atomic E-state index is 0.255. The van der Waals surface area contributed by atoms with Crippen LogP contribution in [0.2, 0.25) is 0 Å². The van der Waals surface area contributed by atoms with E-state index in [9.17, 15) is 9.90 Å². The third kappa shape index (κ3) is 3.49. The summed E-state index contributed by atoms with van der Waals surface area (Å²) in [6.45, 7) is 6.98. The lowest BCUT2D eigenvalue weighted by Crippen LogP contribution is -2.37. The molecule has 0 bridgehead atoms. The van der Waals surface area contributed by atoms with Crippen LogP contribution in [-0.4, -0.2) is 42.4 Å². The molecule has 1 aliphatic heterocycles. The number of anilines is 3. The highest BCUT2D eigenvalue weighted by Gasteiger charge is 2.15. The van der Waals surface area contributed by atoms with E-state index in [0.29, 0.717) is 18.9 Å². The summed E-state index contributed by atoms with van der Waals surface area (Å²) in [6, 6.07) is 7.32. The second-order valence-electron chi connectivity index (χ2n) is 5.94. The molecule has 0 spiro atoms. The van der Waals surface area contributed by atoms with Gasteiger partial charge in [-0.1, -0.05) is 11.6 Å². The number of hydrogen-bond acceptors (Lipinski definition) is 5. The minimum Gasteiger partial charge on any atom is -0.478 e. The summed E-state index contributed by atoms with van der Waals surface area (Å²) in [7, 11) is 0. The first-order chi connectivity index (χ1) is 11.5. The number of pyridine rings is 1. The lowest BCUT2D eigenvalue weighted by Gasteiger charge is -2.29. The van der Waals surface area contributed by atoms with E-state index in [1.807, 2.05) is 26.0 Å². The summed E-state index contributed by atoms with van der Waals surface area (Å²) in [6.07, 6.45) is 1.74. The molecule has 0 amide bonds. The van der Waals surface area contributed by atoms with Gasteiger partial charge in [0.1, 0.15) is 5.82 Å². The molecule has 0 aliphatic carbocycles. The first-order valence-electron chi connectivity index (χ1n) is 7.95. The average Bonchev–Trinajstić information content (AvgIpc) is 2.57. The van der Waals surface area contributed by atoms with Crippen molar-refractivity contribution in [2.45, 2.75) is 13.8 Å². The van der Waals surface area contributed by atoms with Gasteiger partial charge in [0, 0.05) is 13.1 Å². The molecular weight excluding hydrogens is 306 g/mol. The summed E-state index contributed by atoms with van der Waals surface area (Å²) in [5.74, 6) is 0.00188. The van der Waals surface area contributed by atoms with Crippen molar-refractivity contribution in [3.05, 3.63) is 47.2 Å². The predicted octanol–water partition coefficient (Wildman–Crippen LogP) is 2.98. The van der Waals surface area contributed by atoms with Gasteiger partial charge >= 0.3 is 5.97 Å². The maximum absolute atomic E-state index is 11.4. The van der Waals surface area contributed by atoms with Gasteiger partial charge < -0.3 is 20.1 Å². The third-order valence-corrected chi connectivity index (χ3v) is 4.05. The van der Waals surface area contributed by atoms with Crippen LogP contribution in [0.1, 0.15) is 21.5 Å². The number of rotatable bonds is 4. The lowest BCUT2D eigenvalue weighted by atomic mass is 10.1. The van der Waals surface area contributed by atoms with Crippen LogP contribution in [0.4, 0.5) is 17.2 Å². The Bertz CT molecular complexity index is 755. The van der Waals surface area contributed by atoms with Gasteiger partial charge in [-0.3, -0.25) is 0 Å². The first-order valence-corrected chi connectivity index (χ1v) is 7.95. The van der Waals surface area contributed by atoms with Crippen molar-refractivity contribution in [2.75, 3.05) is 36.5 Å². The summed E-state index contributed by atoms with van der Waals surface area (Å²) in [4.78, 5) is 18.2. The number of hydrogen-bond donors (Lipinski definition) is 2. The fraction of sp³-hybridized carbons (Fsp3) is 0.333. The van der Waals surface area contributed by atoms with E-state index in [1.54, 1.807) is 18.3 Å². The molecule has 6 nitrogen and oxygen atoms in total. The van der Waals surface area contributed by atoms with Crippen LogP contribution in [0.25, 0.3) is 0 Å². The summed E-state index contributed by atoms with van der Waals surface area (Å²) >= 11 is 0. The van der Waals surface area contributed by atoms with Crippen molar-refractivity contribution in [2.24, 2.45) is 0 Å². The Morgan fingerprint density at radius 2 is 2.00 bits per heavy atom. The molecule has 0 saturated carbocycles. The SMILES string of the molecule is Cc1ccc(Nc2cnc(N3CCOCC3)c(C)c2)c(C(=O)O)c1. The van der Waals surface area contributed by atoms with Crippen molar-refractivity contribution >= 4 is 23.2 Å². The number of aromatic nitrogens is 1. The normalized spacial score (nSPS) is 14.5. The molecule has 1 fully saturated rings. The predicted molar refractivity (Wildman–Crippen MR) is 93.4 cm³/mol. The van der Waals surface area contributed by atoms with Crippen LogP contribution in [0.3, 0.4) is 0 Å². The Morgan fingerprint density at radius 3 is 2.67 bits per heavy atom. The second-order valence-corrected chi connectivity index (χ2v) is 5.94. The number of nitrogens with one attached hydrogen (secondary N) is 1. The molecular formula is C18H21N3O3. The molecule has 1 aromatic heterocycles. The van der Waals surface area contributed by atoms with E-state index in [-0.39, 0.29) is 5.56 Å². The van der Waals surface area contributed by atoms with E-state index in [4.69, 9.17) is 4.74 Å². The average molecular weight is 327 g/mol. The Hall–Kier alpha value is -2.60. The van der Waals surface area contributed by atoms with Crippen molar-refractivity contribution in [1.29, 1.82) is 0 Å². The van der Waals surface area contributed by atoms with E-state index in [2.05, 4.69) is 15.2 Å². The van der Waals surface area contributed by atoms with E-state index < -0.39 is 5.97 Å². The molecule has 6 heteroatoms. The zero-order valence-corrected chi connectivity index (χ0v) is 13.9. The molecule has 126 valence electrons. The number of nitrogens with zero attached hydrogens (tertiary/aromatic N) is 2. The monoisotopic (exact) mass is 327 g/mol. The topological polar surface area (TPSA) is 74.7 Å². The Kier molecular flexibility index (Phi) is 4.66. The number of aromatic carboxylic acids is 1. The second kappa shape index (κ2) is 6.88. The molecule has 0 unspecified atom stereocenters. The molecule has 0 atom stereocenters. The third-order valence-electron chi connectivity index (χ3n) is 4.05. The van der Waals surface area contributed by atoms with Crippen LogP contribution in [0, 0.1) is 13.8 Å². The van der Waals surface area contributed by atoms with Crippen molar-refractivity contribution in [3.8, 4) is 0 Å². The maximum Gasteiger partial charge on any atom is 0.337 e. The number of benzene rings is 1. The zero-order chi connectivity index (χ0) is 17.1. The molecule has 2 N–H and O–H groups in total. The highest BCUT2D eigenvalue weighted by Crippen LogP contribution is 2.26. The van der Waals surface area contributed by atoms with Crippen LogP contribution in [-0.2, 0) is 4.74 Å². The molecule has 2 heterocycles. The van der Waals surface area contributed by atoms with Gasteiger partial charge in [-0.25, -0.2) is 9.78 Å². The molecule has 1 aromatic carbocycles. The number of carboxylic acids is 1. The molecule has 3 rings (SSSR count). The highest BCUT2D eigenvalue weighted by atomic mass is 16.5. The van der Waals surface area contributed by atoms with Gasteiger partial charge in [-0.15, -0.1) is 0 Å². The van der Waals surface area contributed by atoms with Crippen LogP contribution in [0.15, 0.2) is 30.5 Å². The van der Waals surface area contributed by atoms with E-state index >= 15 is 0 Å². The van der Waals surface area contributed by atoms with Crippen molar-refractivity contribution < 1.29 is 14.6 Å². The van der Waals surface area contributed by atoms with Crippen LogP contribution in [0.5, 0.6) is 0 Å². The fourth-order valence-electron chi connectivity index (χ4n) is 2.84. The smallest absolute Gasteiger partial charge is 0.337 e. The lowest BCUT2D eigenvalue weighted by molar-refractivity contribution is 0.0698. The largest absolute Gasteiger partial charge is 0.478 e. The van der Waals surface area contributed by atoms with Crippen LogP contribution >= 0.6 is 0 Å². The van der Waals surface area contributed by atoms with Gasteiger partial charge in [0.2, 0.25) is 0 Å². The number of carboxylic acid groups (broad SMARTS) is 1. The Labute approximate surface area is 141 Å². The fourth-order valence-corrected chi connectivity index (χ4v) is 2.84. The standard InChI is InChI=1S/C18H21N3O3/c1-12-3-4-16(15(9-12)18(22)23)20-14-10-13(2)17(19-11-14)21-5-7-24-8-6-21/h3-4,9-11,20H,5-8H2,1-2H3,(H,22,23). The van der Waals surface area contributed by atoms with Crippen LogP contribution < -0.4 is 10.2 Å². The number of morpholine rings is 1. The Balaban J connectivity index is 1.84. The van der Waals surface area contributed by atoms with E-state index in [0.717, 1.165) is 35.7 Å². The molecule has 1 saturated heterocycles. The summed E-state index contributed by atoms with van der Waals surface area (Å²) in [5.41, 5.74) is 3.55. The number of ether oxygens (including phenoxy) is 1. The zero-order valence-electron chi connectivity index (χ0n) is 13.9. The number of aryl methyl sites for hydroxylation is 2. The molecule has 1 aliphatic rings. The van der Waals surface area contributed by atoms with E-state index in [1.165, 1.54) is 0 Å². The van der Waals surface area contributed by atoms with Gasteiger partial charge in [-0.2, -0.15) is 0 Å². The quantitative estimate of drug-likeness (QED) is 0.899. The van der Waals surface area contributed by atoms with Gasteiger partial charge in [0.05, 0.1) is 36.3 Å². The molecule has 24 heavy (non-hydrogen) atoms. The summed E-state index contributed by atoms with van der Waals surface area (Å²) in [5, 5.41) is 12.5. The number of carbonyl (C=O) groups is 1.